The molecule has 0 aliphatic rings. The van der Waals surface area contributed by atoms with Crippen LogP contribution in [0.5, 0.6) is 0 Å². The highest BCUT2D eigenvalue weighted by molar-refractivity contribution is 5.82. The first kappa shape index (κ1) is 15.8. The molecule has 98 valence electrons. The molecule has 0 saturated carbocycles. The molecule has 0 aliphatic carbocycles. The van der Waals surface area contributed by atoms with Gasteiger partial charge < -0.3 is 25.2 Å². The Bertz CT molecular complexity index is 273. The molecule has 4 N–H and O–H groups in total. The lowest BCUT2D eigenvalue weighted by Crippen LogP contribution is -2.23. The van der Waals surface area contributed by atoms with Crippen LogP contribution in [0.3, 0.4) is 0 Å². The summed E-state index contributed by atoms with van der Waals surface area (Å²) in [6.45, 7) is 0.858. The van der Waals surface area contributed by atoms with Crippen molar-refractivity contribution >= 4 is 5.97 Å². The van der Waals surface area contributed by atoms with Gasteiger partial charge in [-0.1, -0.05) is 12.2 Å². The van der Waals surface area contributed by atoms with Crippen molar-refractivity contribution in [2.45, 2.75) is 25.2 Å². The van der Waals surface area contributed by atoms with E-state index < -0.39 is 30.9 Å². The highest BCUT2D eigenvalue weighted by Gasteiger charge is 2.10. The van der Waals surface area contributed by atoms with Crippen LogP contribution in [0.2, 0.25) is 0 Å². The van der Waals surface area contributed by atoms with Crippen molar-refractivity contribution in [1.82, 2.24) is 0 Å². The normalized spacial score (nSPS) is 17.2. The van der Waals surface area contributed by atoms with Gasteiger partial charge in [0.15, 0.2) is 0 Å². The maximum absolute atomic E-state index is 11.0. The van der Waals surface area contributed by atoms with Crippen molar-refractivity contribution in [2.24, 2.45) is 0 Å². The minimum absolute atomic E-state index is 0.326. The zero-order chi connectivity index (χ0) is 13.3. The lowest BCUT2D eigenvalue weighted by atomic mass is 10.2. The summed E-state index contributed by atoms with van der Waals surface area (Å²) in [7, 11) is 0. The molecule has 17 heavy (non-hydrogen) atoms. The molecule has 0 amide bonds. The van der Waals surface area contributed by atoms with Crippen LogP contribution in [0, 0.1) is 0 Å². The average Bonchev–Trinajstić information content (AvgIpc) is 2.32. The first-order chi connectivity index (χ1) is 8.01. The van der Waals surface area contributed by atoms with Gasteiger partial charge in [-0.2, -0.15) is 0 Å². The first-order valence-corrected chi connectivity index (χ1v) is 5.14. The van der Waals surface area contributed by atoms with E-state index in [1.165, 1.54) is 6.08 Å². The lowest BCUT2D eigenvalue weighted by Gasteiger charge is -2.09. The topological polar surface area (TPSA) is 107 Å². The van der Waals surface area contributed by atoms with Crippen LogP contribution in [-0.4, -0.2) is 57.9 Å². The van der Waals surface area contributed by atoms with Crippen molar-refractivity contribution < 1.29 is 30.0 Å². The van der Waals surface area contributed by atoms with Crippen LogP contribution in [0.1, 0.15) is 6.92 Å². The van der Waals surface area contributed by atoms with Gasteiger partial charge in [0.2, 0.25) is 0 Å². The minimum Gasteiger partial charge on any atom is -0.460 e. The SMILES string of the molecule is C/C=C/[C@H](O)[C@H](O)/C=C/C(=O)OC[C@@H](O)CO. The van der Waals surface area contributed by atoms with Crippen molar-refractivity contribution in [3.8, 4) is 0 Å². The Labute approximate surface area is 99.5 Å². The summed E-state index contributed by atoms with van der Waals surface area (Å²) in [6.07, 6.45) is 1.55. The molecule has 0 aromatic heterocycles. The maximum Gasteiger partial charge on any atom is 0.330 e. The summed E-state index contributed by atoms with van der Waals surface area (Å²) in [4.78, 5) is 11.0. The van der Waals surface area contributed by atoms with Crippen molar-refractivity contribution in [2.75, 3.05) is 13.2 Å². The summed E-state index contributed by atoms with van der Waals surface area (Å²) in [5, 5.41) is 36.0. The fourth-order valence-electron chi connectivity index (χ4n) is 0.881. The van der Waals surface area contributed by atoms with Gasteiger partial charge in [0.1, 0.15) is 24.9 Å². The van der Waals surface area contributed by atoms with E-state index in [1.54, 1.807) is 13.0 Å². The van der Waals surface area contributed by atoms with E-state index >= 15 is 0 Å². The predicted molar refractivity (Wildman–Crippen MR) is 60.0 cm³/mol. The van der Waals surface area contributed by atoms with E-state index in [-0.39, 0.29) is 6.61 Å². The molecule has 0 aliphatic heterocycles. The molecule has 0 aromatic rings. The minimum atomic E-state index is -1.21. The number of allylic oxidation sites excluding steroid dienone is 1. The van der Waals surface area contributed by atoms with Gasteiger partial charge in [0.05, 0.1) is 6.61 Å². The zero-order valence-electron chi connectivity index (χ0n) is 9.56. The van der Waals surface area contributed by atoms with Crippen LogP contribution < -0.4 is 0 Å². The number of hydrogen-bond acceptors (Lipinski definition) is 6. The summed E-state index contributed by atoms with van der Waals surface area (Å²) in [5.74, 6) is -0.774. The van der Waals surface area contributed by atoms with E-state index in [2.05, 4.69) is 4.74 Å². The third-order valence-electron chi connectivity index (χ3n) is 1.80. The molecule has 0 heterocycles. The Hall–Kier alpha value is -1.21. The van der Waals surface area contributed by atoms with Gasteiger partial charge in [-0.25, -0.2) is 4.79 Å². The van der Waals surface area contributed by atoms with Crippen LogP contribution in [0.15, 0.2) is 24.3 Å². The number of hydrogen-bond donors (Lipinski definition) is 4. The highest BCUT2D eigenvalue weighted by atomic mass is 16.5. The Morgan fingerprint density at radius 2 is 1.82 bits per heavy atom. The molecule has 0 bridgehead atoms. The van der Waals surface area contributed by atoms with Crippen LogP contribution in [0.25, 0.3) is 0 Å². The van der Waals surface area contributed by atoms with Crippen molar-refractivity contribution in [3.05, 3.63) is 24.3 Å². The molecule has 0 rings (SSSR count). The van der Waals surface area contributed by atoms with Crippen LogP contribution >= 0.6 is 0 Å². The summed E-state index contributed by atoms with van der Waals surface area (Å²) in [6, 6.07) is 0. The fraction of sp³-hybridized carbons (Fsp3) is 0.545. The monoisotopic (exact) mass is 246 g/mol. The molecule has 0 unspecified atom stereocenters. The fourth-order valence-corrected chi connectivity index (χ4v) is 0.881. The number of esters is 1. The van der Waals surface area contributed by atoms with Crippen molar-refractivity contribution in [1.29, 1.82) is 0 Å². The van der Waals surface area contributed by atoms with E-state index in [9.17, 15) is 15.0 Å². The Kier molecular flexibility index (Phi) is 8.25. The zero-order valence-corrected chi connectivity index (χ0v) is 9.56. The number of carbonyl (C=O) groups excluding carboxylic acids is 1. The lowest BCUT2D eigenvalue weighted by molar-refractivity contribution is -0.141. The first-order valence-electron chi connectivity index (χ1n) is 5.14. The third kappa shape index (κ3) is 7.64. The molecule has 0 saturated heterocycles. The van der Waals surface area contributed by atoms with Gasteiger partial charge in [-0.05, 0) is 13.0 Å². The second-order valence-corrected chi connectivity index (χ2v) is 3.33. The van der Waals surface area contributed by atoms with Crippen LogP contribution in [0.4, 0.5) is 0 Å². The van der Waals surface area contributed by atoms with E-state index in [4.69, 9.17) is 10.2 Å². The Morgan fingerprint density at radius 3 is 2.35 bits per heavy atom. The molecule has 3 atom stereocenters. The number of aliphatic hydroxyl groups excluding tert-OH is 4. The second-order valence-electron chi connectivity index (χ2n) is 3.33. The molecule has 0 fully saturated rings. The molecule has 0 radical (unpaired) electrons. The largest absolute Gasteiger partial charge is 0.460 e. The number of carbonyl (C=O) groups is 1. The molecule has 6 nitrogen and oxygen atoms in total. The molecule has 6 heteroatoms. The standard InChI is InChI=1S/C11H18O6/c1-2-3-9(14)10(15)4-5-11(16)17-7-8(13)6-12/h2-5,8-10,12-15H,6-7H2,1H3/b3-2+,5-4+/t8-,9-,10+/m0/s1. The molecule has 0 spiro atoms. The third-order valence-corrected chi connectivity index (χ3v) is 1.80. The average molecular weight is 246 g/mol. The Balaban J connectivity index is 4.02. The quantitative estimate of drug-likeness (QED) is 0.254. The van der Waals surface area contributed by atoms with Gasteiger partial charge in [0.25, 0.3) is 0 Å². The smallest absolute Gasteiger partial charge is 0.330 e. The van der Waals surface area contributed by atoms with E-state index in [0.717, 1.165) is 12.2 Å². The molecule has 0 aromatic carbocycles. The second kappa shape index (κ2) is 8.89. The number of rotatable bonds is 7. The van der Waals surface area contributed by atoms with Crippen molar-refractivity contribution in [3.63, 3.8) is 0 Å². The maximum atomic E-state index is 11.0. The van der Waals surface area contributed by atoms with Gasteiger partial charge in [0, 0.05) is 6.08 Å². The summed E-state index contributed by atoms with van der Waals surface area (Å²) < 4.78 is 4.54. The molecular formula is C11H18O6. The van der Waals surface area contributed by atoms with Gasteiger partial charge >= 0.3 is 5.97 Å². The summed E-state index contributed by atoms with van der Waals surface area (Å²) in [5.41, 5.74) is 0. The number of ether oxygens (including phenoxy) is 1. The Morgan fingerprint density at radius 1 is 1.24 bits per heavy atom. The molecular weight excluding hydrogens is 228 g/mol. The van der Waals surface area contributed by atoms with Gasteiger partial charge in [-0.15, -0.1) is 0 Å². The predicted octanol–water partition coefficient (Wildman–Crippen LogP) is -1.26. The van der Waals surface area contributed by atoms with E-state index in [0.29, 0.717) is 0 Å². The van der Waals surface area contributed by atoms with E-state index in [1.807, 2.05) is 0 Å². The summed E-state index contributed by atoms with van der Waals surface area (Å²) >= 11 is 0. The van der Waals surface area contributed by atoms with Gasteiger partial charge in [-0.3, -0.25) is 0 Å². The van der Waals surface area contributed by atoms with Crippen LogP contribution in [-0.2, 0) is 9.53 Å². The highest BCUT2D eigenvalue weighted by Crippen LogP contribution is 1.98. The number of aliphatic hydroxyl groups is 4.